The fourth-order valence-corrected chi connectivity index (χ4v) is 5.18. The molecule has 6 nitrogen and oxygen atoms in total. The highest BCUT2D eigenvalue weighted by molar-refractivity contribution is 7.07. The Balaban J connectivity index is 1.94. The smallest absolute Gasteiger partial charge is 0.387 e. The van der Waals surface area contributed by atoms with Crippen LogP contribution in [0.25, 0.3) is 17.3 Å². The van der Waals surface area contributed by atoms with Crippen molar-refractivity contribution in [1.82, 2.24) is 9.47 Å². The van der Waals surface area contributed by atoms with Crippen LogP contribution in [0.1, 0.15) is 29.5 Å². The minimum atomic E-state index is -2.93. The molecule has 1 amide bonds. The van der Waals surface area contributed by atoms with E-state index in [4.69, 9.17) is 0 Å². The molecule has 9 heteroatoms. The minimum absolute atomic E-state index is 0.00743. The number of aromatic nitrogens is 1. The van der Waals surface area contributed by atoms with Crippen molar-refractivity contribution in [3.8, 4) is 17.5 Å². The average Bonchev–Trinajstić information content (AvgIpc) is 3.45. The Kier molecular flexibility index (Phi) is 7.12. The van der Waals surface area contributed by atoms with Crippen LogP contribution in [0, 0.1) is 25.2 Å². The first kappa shape index (κ1) is 24.4. The van der Waals surface area contributed by atoms with Crippen molar-refractivity contribution in [2.75, 3.05) is 13.1 Å². The predicted octanol–water partition coefficient (Wildman–Crippen LogP) is 3.24. The van der Waals surface area contributed by atoms with Crippen molar-refractivity contribution < 1.29 is 18.3 Å². The highest BCUT2D eigenvalue weighted by atomic mass is 32.1. The molecule has 0 saturated carbocycles. The number of ether oxygens (including phenoxy) is 1. The fraction of sp³-hybridized carbons (Fsp3) is 0.269. The van der Waals surface area contributed by atoms with E-state index in [9.17, 15) is 23.6 Å². The summed E-state index contributed by atoms with van der Waals surface area (Å²) in [6.07, 6.45) is 3.37. The van der Waals surface area contributed by atoms with Gasteiger partial charge in [-0.1, -0.05) is 29.8 Å². The molecule has 0 unspecified atom stereocenters. The Hall–Kier alpha value is -3.77. The highest BCUT2D eigenvalue weighted by Crippen LogP contribution is 2.17. The number of hydrogen-bond donors (Lipinski definition) is 0. The van der Waals surface area contributed by atoms with Gasteiger partial charge >= 0.3 is 6.61 Å². The lowest BCUT2D eigenvalue weighted by atomic mass is 10.1. The maximum absolute atomic E-state index is 13.6. The molecule has 4 rings (SSSR count). The van der Waals surface area contributed by atoms with Crippen LogP contribution in [-0.2, 0) is 4.79 Å². The lowest BCUT2D eigenvalue weighted by Crippen LogP contribution is -2.35. The fourth-order valence-electron chi connectivity index (χ4n) is 4.09. The third-order valence-electron chi connectivity index (χ3n) is 5.75. The molecule has 2 heterocycles. The number of nitrogens with zero attached hydrogens (tertiary/aromatic N) is 3. The summed E-state index contributed by atoms with van der Waals surface area (Å²) in [5.41, 5.74) is 2.59. The number of thiazole rings is 1. The second-order valence-electron chi connectivity index (χ2n) is 8.28. The normalized spacial score (nSPS) is 14.9. The van der Waals surface area contributed by atoms with Gasteiger partial charge in [-0.05, 0) is 62.1 Å². The number of carbonyl (C=O) groups is 1. The Morgan fingerprint density at radius 2 is 1.83 bits per heavy atom. The zero-order chi connectivity index (χ0) is 25.1. The van der Waals surface area contributed by atoms with Crippen LogP contribution in [0.4, 0.5) is 8.78 Å². The van der Waals surface area contributed by atoms with Crippen LogP contribution >= 0.6 is 11.3 Å². The quantitative estimate of drug-likeness (QED) is 0.545. The Labute approximate surface area is 204 Å². The number of carbonyl (C=O) groups excluding carboxylic acids is 1. The zero-order valence-corrected chi connectivity index (χ0v) is 20.1. The molecule has 1 aliphatic heterocycles. The zero-order valence-electron chi connectivity index (χ0n) is 19.3. The van der Waals surface area contributed by atoms with E-state index < -0.39 is 6.61 Å². The largest absolute Gasteiger partial charge is 0.435 e. The summed E-state index contributed by atoms with van der Waals surface area (Å²) in [5.74, 6) is -0.377. The lowest BCUT2D eigenvalue weighted by Gasteiger charge is -2.14. The van der Waals surface area contributed by atoms with E-state index in [0.717, 1.165) is 35.3 Å². The minimum Gasteiger partial charge on any atom is -0.435 e. The first-order chi connectivity index (χ1) is 16.8. The molecule has 1 fully saturated rings. The summed E-state index contributed by atoms with van der Waals surface area (Å²) in [4.78, 5) is 28.4. The van der Waals surface area contributed by atoms with Gasteiger partial charge in [0.15, 0.2) is 5.57 Å². The van der Waals surface area contributed by atoms with Gasteiger partial charge in [0.05, 0.1) is 10.2 Å². The molecule has 0 radical (unpaired) electrons. The van der Waals surface area contributed by atoms with Gasteiger partial charge in [0.1, 0.15) is 16.5 Å². The van der Waals surface area contributed by atoms with Gasteiger partial charge in [0, 0.05) is 13.1 Å². The van der Waals surface area contributed by atoms with Crippen LogP contribution < -0.4 is 19.5 Å². The van der Waals surface area contributed by atoms with Crippen LogP contribution in [0.5, 0.6) is 5.75 Å². The number of aryl methyl sites for hydroxylation is 2. The molecule has 0 aliphatic carbocycles. The molecule has 35 heavy (non-hydrogen) atoms. The third kappa shape index (κ3) is 5.17. The van der Waals surface area contributed by atoms with Crippen LogP contribution in [0.15, 0.2) is 47.3 Å². The summed E-state index contributed by atoms with van der Waals surface area (Å²) in [7, 11) is 0. The number of alkyl halides is 2. The van der Waals surface area contributed by atoms with Gasteiger partial charge in [-0.3, -0.25) is 14.2 Å². The SMILES string of the molecule is Cc1ccc(-n2c(=C(C#N)C(=O)N3CCCC3)sc(=Cc3ccc(OC(F)F)cc3)c2=O)c(C)c1. The number of benzene rings is 2. The van der Waals surface area contributed by atoms with E-state index in [0.29, 0.717) is 28.9 Å². The molecule has 0 atom stereocenters. The van der Waals surface area contributed by atoms with Crippen molar-refractivity contribution >= 4 is 28.9 Å². The standard InChI is InChI=1S/C26H23F2N3O3S/c1-16-5-10-21(17(2)13-16)31-24(33)22(14-18-6-8-19(9-7-18)34-26(27)28)35-25(31)20(15-29)23(32)30-11-3-4-12-30/h5-10,13-14,26H,3-4,11-12H2,1-2H3. The molecule has 0 spiro atoms. The number of likely N-dealkylation sites (tertiary alicyclic amines) is 1. The molecule has 3 aromatic rings. The van der Waals surface area contributed by atoms with Crippen molar-refractivity contribution in [3.63, 3.8) is 0 Å². The number of hydrogen-bond acceptors (Lipinski definition) is 5. The van der Waals surface area contributed by atoms with Gasteiger partial charge in [0.2, 0.25) is 0 Å². The number of halogens is 2. The molecular weight excluding hydrogens is 472 g/mol. The maximum Gasteiger partial charge on any atom is 0.387 e. The topological polar surface area (TPSA) is 75.3 Å². The Morgan fingerprint density at radius 1 is 1.14 bits per heavy atom. The molecule has 1 aliphatic rings. The van der Waals surface area contributed by atoms with E-state index in [1.54, 1.807) is 29.2 Å². The molecule has 180 valence electrons. The maximum atomic E-state index is 13.6. The van der Waals surface area contributed by atoms with Crippen molar-refractivity contribution in [1.29, 1.82) is 5.26 Å². The second kappa shape index (κ2) is 10.2. The molecule has 0 N–H and O–H groups in total. The summed E-state index contributed by atoms with van der Waals surface area (Å²) < 4.78 is 31.3. The van der Waals surface area contributed by atoms with E-state index in [1.807, 2.05) is 32.0 Å². The monoisotopic (exact) mass is 495 g/mol. The number of rotatable bonds is 5. The average molecular weight is 496 g/mol. The van der Waals surface area contributed by atoms with E-state index >= 15 is 0 Å². The molecular formula is C26H23F2N3O3S. The molecule has 1 saturated heterocycles. The van der Waals surface area contributed by atoms with Gasteiger partial charge < -0.3 is 9.64 Å². The lowest BCUT2D eigenvalue weighted by molar-refractivity contribution is -0.123. The summed E-state index contributed by atoms with van der Waals surface area (Å²) in [6.45, 7) is 2.04. The van der Waals surface area contributed by atoms with Gasteiger partial charge in [0.25, 0.3) is 11.5 Å². The molecule has 0 bridgehead atoms. The van der Waals surface area contributed by atoms with Gasteiger partial charge in [-0.2, -0.15) is 14.0 Å². The van der Waals surface area contributed by atoms with Gasteiger partial charge in [-0.15, -0.1) is 11.3 Å². The second-order valence-corrected chi connectivity index (χ2v) is 9.31. The predicted molar refractivity (Wildman–Crippen MR) is 130 cm³/mol. The molecule has 2 aromatic carbocycles. The first-order valence-corrected chi connectivity index (χ1v) is 11.9. The van der Waals surface area contributed by atoms with Crippen molar-refractivity contribution in [3.05, 3.63) is 78.7 Å². The van der Waals surface area contributed by atoms with Crippen LogP contribution in [0.3, 0.4) is 0 Å². The first-order valence-electron chi connectivity index (χ1n) is 11.1. The van der Waals surface area contributed by atoms with E-state index in [1.165, 1.54) is 16.7 Å². The molecule has 1 aromatic heterocycles. The Bertz CT molecular complexity index is 1480. The summed E-state index contributed by atoms with van der Waals surface area (Å²) in [6, 6.07) is 13.5. The Morgan fingerprint density at radius 3 is 2.43 bits per heavy atom. The highest BCUT2D eigenvalue weighted by Gasteiger charge is 2.24. The summed E-state index contributed by atoms with van der Waals surface area (Å²) >= 11 is 1.06. The van der Waals surface area contributed by atoms with E-state index in [-0.39, 0.29) is 27.5 Å². The third-order valence-corrected chi connectivity index (χ3v) is 6.85. The van der Waals surface area contributed by atoms with Crippen molar-refractivity contribution in [2.45, 2.75) is 33.3 Å². The van der Waals surface area contributed by atoms with Gasteiger partial charge in [-0.25, -0.2) is 0 Å². The number of nitriles is 1. The van der Waals surface area contributed by atoms with E-state index in [2.05, 4.69) is 4.74 Å². The van der Waals surface area contributed by atoms with Crippen LogP contribution in [-0.4, -0.2) is 35.1 Å². The van der Waals surface area contributed by atoms with Crippen molar-refractivity contribution in [2.24, 2.45) is 0 Å². The van der Waals surface area contributed by atoms with Crippen LogP contribution in [0.2, 0.25) is 0 Å². The summed E-state index contributed by atoms with van der Waals surface area (Å²) in [5, 5.41) is 9.96. The number of amides is 1.